The Morgan fingerprint density at radius 1 is 0.821 bits per heavy atom. The minimum atomic E-state index is -4.64. The summed E-state index contributed by atoms with van der Waals surface area (Å²) in [5, 5.41) is 2.46. The highest BCUT2D eigenvalue weighted by molar-refractivity contribution is 7.92. The number of hydrogen-bond donors (Lipinski definition) is 2. The number of ether oxygens (including phenoxy) is 3. The van der Waals surface area contributed by atoms with Crippen LogP contribution in [0.15, 0.2) is 71.6 Å². The maximum Gasteiger partial charge on any atom is 0.416 e. The summed E-state index contributed by atoms with van der Waals surface area (Å²) in [5.41, 5.74) is -1.20. The van der Waals surface area contributed by atoms with Crippen LogP contribution in [0.3, 0.4) is 0 Å². The molecule has 0 heterocycles. The van der Waals surface area contributed by atoms with Gasteiger partial charge in [-0.25, -0.2) is 18.0 Å². The van der Waals surface area contributed by atoms with Gasteiger partial charge in [0.1, 0.15) is 5.75 Å². The van der Waals surface area contributed by atoms with Gasteiger partial charge in [0.15, 0.2) is 6.61 Å². The number of alkyl halides is 3. The van der Waals surface area contributed by atoms with Crippen LogP contribution in [0.2, 0.25) is 0 Å². The number of amides is 1. The average molecular weight is 567 g/mol. The molecule has 0 aliphatic heterocycles. The van der Waals surface area contributed by atoms with Crippen molar-refractivity contribution in [3.8, 4) is 5.75 Å². The number of methoxy groups -OCH3 is 2. The molecule has 0 saturated carbocycles. The number of sulfonamides is 1. The second-order valence-corrected chi connectivity index (χ2v) is 9.46. The number of nitrogens with one attached hydrogen (secondary N) is 2. The van der Waals surface area contributed by atoms with Crippen molar-refractivity contribution in [1.82, 2.24) is 0 Å². The molecule has 0 saturated heterocycles. The van der Waals surface area contributed by atoms with E-state index in [9.17, 15) is 36.0 Å². The number of carbonyl (C=O) groups excluding carboxylic acids is 3. The van der Waals surface area contributed by atoms with Gasteiger partial charge in [0.2, 0.25) is 0 Å². The molecule has 3 aromatic rings. The third kappa shape index (κ3) is 7.70. The first-order valence-electron chi connectivity index (χ1n) is 10.9. The second-order valence-electron chi connectivity index (χ2n) is 7.77. The molecular formula is C25H21F3N2O8S. The van der Waals surface area contributed by atoms with Gasteiger partial charge in [-0.1, -0.05) is 6.07 Å². The van der Waals surface area contributed by atoms with Crippen LogP contribution in [0, 0.1) is 0 Å². The summed E-state index contributed by atoms with van der Waals surface area (Å²) in [4.78, 5) is 35.9. The number of rotatable bonds is 9. The van der Waals surface area contributed by atoms with Gasteiger partial charge in [0.05, 0.1) is 35.8 Å². The zero-order valence-electron chi connectivity index (χ0n) is 20.4. The smallest absolute Gasteiger partial charge is 0.416 e. The van der Waals surface area contributed by atoms with Gasteiger partial charge >= 0.3 is 18.1 Å². The molecule has 1 amide bonds. The molecule has 206 valence electrons. The molecule has 0 unspecified atom stereocenters. The van der Waals surface area contributed by atoms with E-state index in [0.29, 0.717) is 6.07 Å². The average Bonchev–Trinajstić information content (AvgIpc) is 2.90. The van der Waals surface area contributed by atoms with Crippen LogP contribution < -0.4 is 14.8 Å². The Kier molecular flexibility index (Phi) is 8.81. The standard InChI is InChI=1S/C25H21F3N2O8S/c1-36-23(32)15-10-16(24(33)37-2)12-19(11-15)29-22(31)14-38-20-6-8-21(9-7-20)39(34,35)30-18-5-3-4-17(13-18)25(26,27)28/h3-13,30H,14H2,1-2H3,(H,29,31). The van der Waals surface area contributed by atoms with Gasteiger partial charge in [-0.15, -0.1) is 0 Å². The highest BCUT2D eigenvalue weighted by atomic mass is 32.2. The van der Waals surface area contributed by atoms with Crippen LogP contribution >= 0.6 is 0 Å². The summed E-state index contributed by atoms with van der Waals surface area (Å²) in [6.07, 6.45) is -4.64. The molecule has 0 spiro atoms. The number of halogens is 3. The predicted octanol–water partition coefficient (Wildman–Crippen LogP) is 4.10. The number of carbonyl (C=O) groups is 3. The molecule has 2 N–H and O–H groups in total. The number of anilines is 2. The summed E-state index contributed by atoms with van der Waals surface area (Å²) in [6.45, 7) is -0.523. The number of esters is 2. The van der Waals surface area contributed by atoms with E-state index in [1.807, 2.05) is 0 Å². The van der Waals surface area contributed by atoms with Crippen LogP contribution in [0.5, 0.6) is 5.75 Å². The van der Waals surface area contributed by atoms with Crippen molar-refractivity contribution in [2.24, 2.45) is 0 Å². The fourth-order valence-corrected chi connectivity index (χ4v) is 4.25. The highest BCUT2D eigenvalue weighted by Gasteiger charge is 2.30. The van der Waals surface area contributed by atoms with E-state index in [4.69, 9.17) is 4.74 Å². The van der Waals surface area contributed by atoms with Crippen molar-refractivity contribution in [2.45, 2.75) is 11.1 Å². The van der Waals surface area contributed by atoms with E-state index in [2.05, 4.69) is 19.5 Å². The lowest BCUT2D eigenvalue weighted by Crippen LogP contribution is -2.21. The molecule has 3 aromatic carbocycles. The first-order valence-corrected chi connectivity index (χ1v) is 12.3. The van der Waals surface area contributed by atoms with E-state index >= 15 is 0 Å². The normalized spacial score (nSPS) is 11.3. The topological polar surface area (TPSA) is 137 Å². The summed E-state index contributed by atoms with van der Waals surface area (Å²) in [7, 11) is -1.92. The Morgan fingerprint density at radius 3 is 1.95 bits per heavy atom. The van der Waals surface area contributed by atoms with Crippen LogP contribution in [0.4, 0.5) is 24.5 Å². The Hall–Kier alpha value is -4.59. The Morgan fingerprint density at radius 2 is 1.41 bits per heavy atom. The Balaban J connectivity index is 1.65. The van der Waals surface area contributed by atoms with Gasteiger partial charge in [0.25, 0.3) is 15.9 Å². The Bertz CT molecular complexity index is 1460. The minimum absolute atomic E-state index is 0.00726. The fraction of sp³-hybridized carbons (Fsp3) is 0.160. The lowest BCUT2D eigenvalue weighted by Gasteiger charge is -2.12. The first kappa shape index (κ1) is 29.0. The molecule has 39 heavy (non-hydrogen) atoms. The predicted molar refractivity (Wildman–Crippen MR) is 132 cm³/mol. The SMILES string of the molecule is COC(=O)c1cc(NC(=O)COc2ccc(S(=O)(=O)Nc3cccc(C(F)(F)F)c3)cc2)cc(C(=O)OC)c1. The third-order valence-corrected chi connectivity index (χ3v) is 6.40. The van der Waals surface area contributed by atoms with Crippen molar-refractivity contribution in [3.63, 3.8) is 0 Å². The highest BCUT2D eigenvalue weighted by Crippen LogP contribution is 2.31. The summed E-state index contributed by atoms with van der Waals surface area (Å²) < 4.78 is 80.5. The molecular weight excluding hydrogens is 545 g/mol. The van der Waals surface area contributed by atoms with Crippen molar-refractivity contribution in [3.05, 3.63) is 83.4 Å². The molecule has 10 nitrogen and oxygen atoms in total. The third-order valence-electron chi connectivity index (χ3n) is 5.01. The number of hydrogen-bond acceptors (Lipinski definition) is 8. The fourth-order valence-electron chi connectivity index (χ4n) is 3.21. The van der Waals surface area contributed by atoms with Crippen LogP contribution in [-0.4, -0.2) is 47.1 Å². The summed E-state index contributed by atoms with van der Waals surface area (Å²) >= 11 is 0. The van der Waals surface area contributed by atoms with Crippen LogP contribution in [0.25, 0.3) is 0 Å². The molecule has 0 bridgehead atoms. The van der Waals surface area contributed by atoms with Crippen LogP contribution in [-0.2, 0) is 30.5 Å². The van der Waals surface area contributed by atoms with E-state index < -0.39 is 46.2 Å². The molecule has 0 fully saturated rings. The molecule has 0 aliphatic carbocycles. The maximum absolute atomic E-state index is 12.9. The van der Waals surface area contributed by atoms with Gasteiger partial charge in [-0.2, -0.15) is 13.2 Å². The maximum atomic E-state index is 12.9. The molecule has 0 aliphatic rings. The molecule has 0 atom stereocenters. The zero-order valence-corrected chi connectivity index (χ0v) is 21.2. The monoisotopic (exact) mass is 566 g/mol. The van der Waals surface area contributed by atoms with Gasteiger partial charge in [-0.05, 0) is 60.7 Å². The largest absolute Gasteiger partial charge is 0.484 e. The quantitative estimate of drug-likeness (QED) is 0.370. The Labute approximate surface area is 220 Å². The summed E-state index contributed by atoms with van der Waals surface area (Å²) in [6, 6.07) is 12.3. The van der Waals surface area contributed by atoms with E-state index in [1.165, 1.54) is 36.4 Å². The molecule has 14 heteroatoms. The summed E-state index contributed by atoms with van der Waals surface area (Å²) in [5.74, 6) is -2.05. The van der Waals surface area contributed by atoms with Crippen LogP contribution in [0.1, 0.15) is 26.3 Å². The van der Waals surface area contributed by atoms with Gasteiger partial charge in [0, 0.05) is 11.4 Å². The van der Waals surface area contributed by atoms with Gasteiger partial charge in [-0.3, -0.25) is 9.52 Å². The molecule has 0 aromatic heterocycles. The first-order chi connectivity index (χ1) is 18.3. The zero-order chi connectivity index (χ0) is 28.8. The minimum Gasteiger partial charge on any atom is -0.484 e. The number of benzene rings is 3. The van der Waals surface area contributed by atoms with E-state index in [0.717, 1.165) is 38.5 Å². The van der Waals surface area contributed by atoms with Crippen molar-refractivity contribution in [1.29, 1.82) is 0 Å². The van der Waals surface area contributed by atoms with E-state index in [-0.39, 0.29) is 33.1 Å². The second kappa shape index (κ2) is 11.9. The molecule has 0 radical (unpaired) electrons. The van der Waals surface area contributed by atoms with Crippen molar-refractivity contribution >= 4 is 39.2 Å². The molecule has 3 rings (SSSR count). The lowest BCUT2D eigenvalue weighted by atomic mass is 10.1. The van der Waals surface area contributed by atoms with Gasteiger partial charge < -0.3 is 19.5 Å². The van der Waals surface area contributed by atoms with Crippen molar-refractivity contribution < 1.29 is 50.2 Å². The van der Waals surface area contributed by atoms with Crippen molar-refractivity contribution in [2.75, 3.05) is 30.9 Å². The lowest BCUT2D eigenvalue weighted by molar-refractivity contribution is -0.137. The van der Waals surface area contributed by atoms with E-state index in [1.54, 1.807) is 0 Å².